The number of aliphatic hydroxyl groups is 2. The number of aliphatic hydroxyl groups excluding tert-OH is 1. The molecule has 0 aromatic carbocycles. The predicted molar refractivity (Wildman–Crippen MR) is 146 cm³/mol. The van der Waals surface area contributed by atoms with Crippen molar-refractivity contribution in [1.29, 1.82) is 0 Å². The predicted octanol–water partition coefficient (Wildman–Crippen LogP) is -0.169. The summed E-state index contributed by atoms with van der Waals surface area (Å²) in [5.41, 5.74) is -5.90. The van der Waals surface area contributed by atoms with Gasteiger partial charge in [0.15, 0.2) is 30.0 Å². The van der Waals surface area contributed by atoms with Crippen molar-refractivity contribution in [2.24, 2.45) is 17.3 Å². The highest BCUT2D eigenvalue weighted by Gasteiger charge is 2.80. The van der Waals surface area contributed by atoms with Gasteiger partial charge in [0, 0.05) is 40.5 Å². The summed E-state index contributed by atoms with van der Waals surface area (Å²) in [5, 5.41) is 24.6. The van der Waals surface area contributed by atoms with Crippen LogP contribution in [-0.4, -0.2) is 107 Å². The smallest absolute Gasteiger partial charge is 0.312 e. The maximum absolute atomic E-state index is 13.1. The molecule has 0 radical (unpaired) electrons. The molecule has 15 heteroatoms. The highest BCUT2D eigenvalue weighted by atomic mass is 16.6. The van der Waals surface area contributed by atoms with Gasteiger partial charge in [-0.1, -0.05) is 12.2 Å². The average molecular weight is 639 g/mol. The van der Waals surface area contributed by atoms with Crippen LogP contribution in [0.3, 0.4) is 0 Å². The van der Waals surface area contributed by atoms with Gasteiger partial charge in [0.2, 0.25) is 0 Å². The fraction of sp³-hybridized carbons (Fsp3) is 0.667. The van der Waals surface area contributed by atoms with Crippen molar-refractivity contribution >= 4 is 35.8 Å². The van der Waals surface area contributed by atoms with E-state index in [9.17, 15) is 39.0 Å². The van der Waals surface area contributed by atoms with Gasteiger partial charge in [0.1, 0.15) is 18.3 Å². The van der Waals surface area contributed by atoms with E-state index in [1.54, 1.807) is 0 Å². The maximum atomic E-state index is 13.1. The third-order valence-electron chi connectivity index (χ3n) is 9.06. The fourth-order valence-corrected chi connectivity index (χ4v) is 7.22. The molecule has 2 saturated heterocycles. The Morgan fingerprint density at radius 1 is 0.889 bits per heavy atom. The van der Waals surface area contributed by atoms with E-state index in [1.165, 1.54) is 39.0 Å². The standard InChI is InChI=1S/C30H38O15/c1-13-27(37)45-21-10-19(11-39-14(2)31)8-9-20(36)29-12-40-28(7,23(29)26(30(13,21)38)44-18(6)35)24(42-16(4)33)22(41-15(3)32)25(29)43-17(5)34/h8-10,13,20-26,36,38H,11-12H2,1-7H3/b9-8+,19-10+. The molecule has 1 saturated carbocycles. The normalized spacial score (nSPS) is 42.0. The third-order valence-corrected chi connectivity index (χ3v) is 9.06. The Hall–Kier alpha value is -3.82. The van der Waals surface area contributed by atoms with Crippen molar-refractivity contribution in [1.82, 2.24) is 0 Å². The van der Waals surface area contributed by atoms with E-state index < -0.39 is 107 Å². The second-order valence-electron chi connectivity index (χ2n) is 12.0. The summed E-state index contributed by atoms with van der Waals surface area (Å²) >= 11 is 0. The summed E-state index contributed by atoms with van der Waals surface area (Å²) in [5.74, 6) is -7.74. The highest BCUT2D eigenvalue weighted by Crippen LogP contribution is 2.63. The van der Waals surface area contributed by atoms with Crippen LogP contribution in [-0.2, 0) is 61.9 Å². The van der Waals surface area contributed by atoms with Crippen LogP contribution in [0, 0.1) is 17.3 Å². The van der Waals surface area contributed by atoms with Gasteiger partial charge in [-0.15, -0.1) is 0 Å². The van der Waals surface area contributed by atoms with Crippen LogP contribution in [0.1, 0.15) is 48.5 Å². The first-order chi connectivity index (χ1) is 20.9. The van der Waals surface area contributed by atoms with Crippen molar-refractivity contribution in [3.05, 3.63) is 23.8 Å². The zero-order chi connectivity index (χ0) is 33.6. The molecule has 11 atom stereocenters. The molecular weight excluding hydrogens is 600 g/mol. The largest absolute Gasteiger partial charge is 0.461 e. The Morgan fingerprint density at radius 2 is 1.44 bits per heavy atom. The molecule has 0 spiro atoms. The average Bonchev–Trinajstić information content (AvgIpc) is 3.32. The van der Waals surface area contributed by atoms with Crippen molar-refractivity contribution in [2.45, 2.75) is 96.3 Å². The molecule has 0 aromatic rings. The molecule has 2 heterocycles. The topological polar surface area (TPSA) is 207 Å². The number of rotatable bonds is 6. The number of hydrogen-bond acceptors (Lipinski definition) is 15. The minimum atomic E-state index is -2.38. The number of hydrogen-bond donors (Lipinski definition) is 2. The fourth-order valence-electron chi connectivity index (χ4n) is 7.22. The van der Waals surface area contributed by atoms with Crippen LogP contribution in [0.5, 0.6) is 0 Å². The Morgan fingerprint density at radius 3 is 2.00 bits per heavy atom. The molecule has 4 aliphatic rings. The molecule has 248 valence electrons. The van der Waals surface area contributed by atoms with E-state index in [-0.39, 0.29) is 12.2 Å². The summed E-state index contributed by atoms with van der Waals surface area (Å²) in [6.07, 6.45) is -5.70. The third kappa shape index (κ3) is 5.72. The van der Waals surface area contributed by atoms with E-state index in [1.807, 2.05) is 0 Å². The lowest BCUT2D eigenvalue weighted by atomic mass is 9.52. The SMILES string of the molecule is CC(=O)OCC1=C/C2OC(=O)C(C)C2(O)C(OC(C)=O)C2C3(C)OCC2(C(O)\C=C\1)C(OC(C)=O)C(OC(C)=O)C3OC(C)=O. The van der Waals surface area contributed by atoms with Crippen LogP contribution < -0.4 is 0 Å². The molecule has 0 amide bonds. The number of ether oxygens (including phenoxy) is 7. The van der Waals surface area contributed by atoms with E-state index in [4.69, 9.17) is 33.2 Å². The molecular formula is C30H38O15. The molecule has 4 rings (SSSR count). The summed E-state index contributed by atoms with van der Waals surface area (Å²) in [4.78, 5) is 75.0. The summed E-state index contributed by atoms with van der Waals surface area (Å²) < 4.78 is 39.9. The van der Waals surface area contributed by atoms with Crippen LogP contribution in [0.25, 0.3) is 0 Å². The van der Waals surface area contributed by atoms with E-state index in [2.05, 4.69) is 0 Å². The molecule has 11 unspecified atom stereocenters. The first-order valence-electron chi connectivity index (χ1n) is 14.4. The van der Waals surface area contributed by atoms with Gasteiger partial charge in [0.05, 0.1) is 24.0 Å². The van der Waals surface area contributed by atoms with Gasteiger partial charge >= 0.3 is 35.8 Å². The Kier molecular flexibility index (Phi) is 9.21. The van der Waals surface area contributed by atoms with E-state index in [0.717, 1.165) is 27.7 Å². The van der Waals surface area contributed by atoms with Crippen LogP contribution in [0.4, 0.5) is 0 Å². The molecule has 0 aromatic heterocycles. The van der Waals surface area contributed by atoms with Crippen LogP contribution in [0.2, 0.25) is 0 Å². The number of carbonyl (C=O) groups excluding carboxylic acids is 6. The minimum Gasteiger partial charge on any atom is -0.461 e. The van der Waals surface area contributed by atoms with Crippen LogP contribution in [0.15, 0.2) is 23.8 Å². The second kappa shape index (κ2) is 12.2. The van der Waals surface area contributed by atoms with E-state index >= 15 is 0 Å². The lowest BCUT2D eigenvalue weighted by molar-refractivity contribution is -0.273. The van der Waals surface area contributed by atoms with Gasteiger partial charge < -0.3 is 43.4 Å². The molecule has 2 N–H and O–H groups in total. The van der Waals surface area contributed by atoms with E-state index in [0.29, 0.717) is 0 Å². The lowest BCUT2D eigenvalue weighted by Gasteiger charge is -2.58. The van der Waals surface area contributed by atoms with Gasteiger partial charge in [-0.2, -0.15) is 0 Å². The zero-order valence-corrected chi connectivity index (χ0v) is 26.0. The minimum absolute atomic E-state index is 0.182. The molecule has 15 nitrogen and oxygen atoms in total. The first kappa shape index (κ1) is 34.1. The first-order valence-corrected chi connectivity index (χ1v) is 14.4. The Balaban J connectivity index is 2.10. The van der Waals surface area contributed by atoms with Gasteiger partial charge in [-0.25, -0.2) is 0 Å². The molecule has 2 aliphatic heterocycles. The quantitative estimate of drug-likeness (QED) is 0.286. The van der Waals surface area contributed by atoms with Gasteiger partial charge in [0.25, 0.3) is 0 Å². The van der Waals surface area contributed by atoms with Crippen molar-refractivity contribution in [3.8, 4) is 0 Å². The highest BCUT2D eigenvalue weighted by molar-refractivity contribution is 5.78. The van der Waals surface area contributed by atoms with Crippen LogP contribution >= 0.6 is 0 Å². The van der Waals surface area contributed by atoms with Crippen molar-refractivity contribution in [2.75, 3.05) is 13.2 Å². The molecule has 3 fully saturated rings. The zero-order valence-electron chi connectivity index (χ0n) is 26.0. The van der Waals surface area contributed by atoms with Gasteiger partial charge in [-0.05, 0) is 25.5 Å². The lowest BCUT2D eigenvalue weighted by Crippen LogP contribution is -2.75. The Labute approximate surface area is 258 Å². The second-order valence-corrected chi connectivity index (χ2v) is 12.0. The van der Waals surface area contributed by atoms with Gasteiger partial charge in [-0.3, -0.25) is 28.8 Å². The molecule has 2 bridgehead atoms. The monoisotopic (exact) mass is 638 g/mol. The number of esters is 6. The Bertz CT molecular complexity index is 1340. The number of fused-ring (bicyclic) bond motifs is 1. The summed E-state index contributed by atoms with van der Waals surface area (Å²) in [6.45, 7) is 7.46. The van der Waals surface area contributed by atoms with Crippen molar-refractivity contribution < 1.29 is 72.1 Å². The van der Waals surface area contributed by atoms with Crippen molar-refractivity contribution in [3.63, 3.8) is 0 Å². The summed E-state index contributed by atoms with van der Waals surface area (Å²) in [7, 11) is 0. The molecule has 45 heavy (non-hydrogen) atoms. The molecule has 2 aliphatic carbocycles. The maximum Gasteiger partial charge on any atom is 0.312 e. The summed E-state index contributed by atoms with van der Waals surface area (Å²) in [6, 6.07) is 0. The number of carbonyl (C=O) groups is 6.